The Labute approximate surface area is 172 Å². The van der Waals surface area contributed by atoms with Crippen molar-refractivity contribution in [1.29, 1.82) is 0 Å². The van der Waals surface area contributed by atoms with Gasteiger partial charge in [0.1, 0.15) is 11.6 Å². The minimum atomic E-state index is -0.951. The monoisotopic (exact) mass is 400 g/mol. The molecule has 156 valence electrons. The molecule has 1 saturated carbocycles. The third-order valence-electron chi connectivity index (χ3n) is 6.28. The van der Waals surface area contributed by atoms with Crippen LogP contribution in [0.15, 0.2) is 36.4 Å². The predicted octanol–water partition coefficient (Wildman–Crippen LogP) is 7.57. The third-order valence-corrected chi connectivity index (χ3v) is 6.28. The van der Waals surface area contributed by atoms with Gasteiger partial charge in [0, 0.05) is 11.6 Å². The predicted molar refractivity (Wildman–Crippen MR) is 112 cm³/mol. The largest absolute Gasteiger partial charge is 0.478 e. The van der Waals surface area contributed by atoms with E-state index in [0.717, 1.165) is 43.2 Å². The summed E-state index contributed by atoms with van der Waals surface area (Å²) in [4.78, 5) is 11.8. The highest BCUT2D eigenvalue weighted by Crippen LogP contribution is 2.40. The second-order valence-corrected chi connectivity index (χ2v) is 8.30. The molecular weight excluding hydrogens is 370 g/mol. The van der Waals surface area contributed by atoms with Crippen LogP contribution in [0.25, 0.3) is 11.1 Å². The first-order valence-electron chi connectivity index (χ1n) is 10.8. The van der Waals surface area contributed by atoms with Crippen LogP contribution in [-0.2, 0) is 0 Å². The van der Waals surface area contributed by atoms with Gasteiger partial charge in [-0.3, -0.25) is 0 Å². The molecule has 1 N–H and O–H groups in total. The van der Waals surface area contributed by atoms with Gasteiger partial charge in [-0.1, -0.05) is 45.1 Å². The Morgan fingerprint density at radius 3 is 2.41 bits per heavy atom. The summed E-state index contributed by atoms with van der Waals surface area (Å²) in [6, 6.07) is 8.48. The van der Waals surface area contributed by atoms with E-state index in [1.54, 1.807) is 18.2 Å². The fraction of sp³-hybridized carbons (Fsp3) is 0.480. The summed E-state index contributed by atoms with van der Waals surface area (Å²) >= 11 is 0. The average molecular weight is 401 g/mol. The molecule has 0 atom stereocenters. The molecule has 29 heavy (non-hydrogen) atoms. The summed E-state index contributed by atoms with van der Waals surface area (Å²) in [5.41, 5.74) is 1.98. The van der Waals surface area contributed by atoms with Gasteiger partial charge >= 0.3 is 5.97 Å². The minimum absolute atomic E-state index is 0.177. The van der Waals surface area contributed by atoms with E-state index in [0.29, 0.717) is 16.7 Å². The Morgan fingerprint density at radius 1 is 1.00 bits per heavy atom. The van der Waals surface area contributed by atoms with Crippen LogP contribution >= 0.6 is 0 Å². The molecule has 0 unspecified atom stereocenters. The molecule has 1 fully saturated rings. The molecule has 1 aliphatic rings. The van der Waals surface area contributed by atoms with E-state index >= 15 is 0 Å². The number of rotatable bonds is 8. The van der Waals surface area contributed by atoms with Crippen LogP contribution in [0, 0.1) is 17.6 Å². The molecule has 0 bridgehead atoms. The standard InChI is InChI=1S/C25H30F2O2/c1-2-3-4-5-6-17-7-9-18(10-8-17)23-15-19(11-13-22(23)25(28)29)21-14-12-20(26)16-24(21)27/h11-18H,2-10H2,1H3,(H,28,29)/t17-,18-. The van der Waals surface area contributed by atoms with E-state index in [1.165, 1.54) is 44.2 Å². The number of hydrogen-bond donors (Lipinski definition) is 1. The maximum Gasteiger partial charge on any atom is 0.335 e. The van der Waals surface area contributed by atoms with Gasteiger partial charge in [0.15, 0.2) is 0 Å². The van der Waals surface area contributed by atoms with Gasteiger partial charge in [-0.15, -0.1) is 0 Å². The zero-order valence-electron chi connectivity index (χ0n) is 17.1. The van der Waals surface area contributed by atoms with Crippen molar-refractivity contribution in [2.24, 2.45) is 5.92 Å². The highest BCUT2D eigenvalue weighted by Gasteiger charge is 2.26. The van der Waals surface area contributed by atoms with Crippen molar-refractivity contribution in [3.63, 3.8) is 0 Å². The van der Waals surface area contributed by atoms with E-state index in [9.17, 15) is 18.7 Å². The number of benzene rings is 2. The normalized spacial score (nSPS) is 19.3. The summed E-state index contributed by atoms with van der Waals surface area (Å²) in [5, 5.41) is 9.64. The topological polar surface area (TPSA) is 37.3 Å². The van der Waals surface area contributed by atoms with Crippen molar-refractivity contribution in [1.82, 2.24) is 0 Å². The number of unbranched alkanes of at least 4 members (excludes halogenated alkanes) is 3. The molecule has 2 nitrogen and oxygen atoms in total. The summed E-state index contributed by atoms with van der Waals surface area (Å²) in [5.74, 6) is -1.29. The van der Waals surface area contributed by atoms with Crippen LogP contribution < -0.4 is 0 Å². The molecule has 0 spiro atoms. The van der Waals surface area contributed by atoms with Crippen molar-refractivity contribution >= 4 is 5.97 Å². The number of carboxylic acids is 1. The lowest BCUT2D eigenvalue weighted by atomic mass is 9.75. The third kappa shape index (κ3) is 5.43. The van der Waals surface area contributed by atoms with Gasteiger partial charge < -0.3 is 5.11 Å². The van der Waals surface area contributed by atoms with Gasteiger partial charge in [-0.05, 0) is 72.9 Å². The maximum atomic E-state index is 14.2. The van der Waals surface area contributed by atoms with Gasteiger partial charge in [0.25, 0.3) is 0 Å². The van der Waals surface area contributed by atoms with E-state index < -0.39 is 17.6 Å². The van der Waals surface area contributed by atoms with Gasteiger partial charge in [-0.2, -0.15) is 0 Å². The molecule has 0 aliphatic heterocycles. The fourth-order valence-electron chi connectivity index (χ4n) is 4.61. The summed E-state index contributed by atoms with van der Waals surface area (Å²) in [7, 11) is 0. The van der Waals surface area contributed by atoms with Gasteiger partial charge in [0.2, 0.25) is 0 Å². The summed E-state index contributed by atoms with van der Waals surface area (Å²) in [6.07, 6.45) is 10.5. The second kappa shape index (κ2) is 10.00. The van der Waals surface area contributed by atoms with Gasteiger partial charge in [-0.25, -0.2) is 13.6 Å². The van der Waals surface area contributed by atoms with E-state index in [4.69, 9.17) is 0 Å². The number of carboxylic acid groups (broad SMARTS) is 1. The first-order valence-corrected chi connectivity index (χ1v) is 10.8. The summed E-state index contributed by atoms with van der Waals surface area (Å²) < 4.78 is 27.5. The molecule has 0 amide bonds. The Kier molecular flexibility index (Phi) is 7.40. The van der Waals surface area contributed by atoms with Gasteiger partial charge in [0.05, 0.1) is 5.56 Å². The highest BCUT2D eigenvalue weighted by atomic mass is 19.1. The van der Waals surface area contributed by atoms with Crippen LogP contribution in [-0.4, -0.2) is 11.1 Å². The molecule has 3 rings (SSSR count). The Hall–Kier alpha value is -2.23. The molecular formula is C25H30F2O2. The molecule has 0 heterocycles. The number of carbonyl (C=O) groups is 1. The lowest BCUT2D eigenvalue weighted by Crippen LogP contribution is -2.16. The molecule has 1 aliphatic carbocycles. The molecule has 0 saturated heterocycles. The molecule has 0 radical (unpaired) electrons. The van der Waals surface area contributed by atoms with E-state index in [2.05, 4.69) is 6.92 Å². The van der Waals surface area contributed by atoms with Crippen molar-refractivity contribution < 1.29 is 18.7 Å². The van der Waals surface area contributed by atoms with Crippen molar-refractivity contribution in [2.75, 3.05) is 0 Å². The minimum Gasteiger partial charge on any atom is -0.478 e. The lowest BCUT2D eigenvalue weighted by molar-refractivity contribution is 0.0694. The van der Waals surface area contributed by atoms with E-state index in [-0.39, 0.29) is 5.92 Å². The molecule has 0 aromatic heterocycles. The number of halogens is 2. The van der Waals surface area contributed by atoms with Crippen molar-refractivity contribution in [2.45, 2.75) is 70.6 Å². The van der Waals surface area contributed by atoms with Crippen LogP contribution in [0.3, 0.4) is 0 Å². The quantitative estimate of drug-likeness (QED) is 0.464. The average Bonchev–Trinajstić information content (AvgIpc) is 2.71. The highest BCUT2D eigenvalue weighted by molar-refractivity contribution is 5.90. The fourth-order valence-corrected chi connectivity index (χ4v) is 4.61. The van der Waals surface area contributed by atoms with Crippen LogP contribution in [0.2, 0.25) is 0 Å². The molecule has 2 aromatic rings. The Morgan fingerprint density at radius 2 is 1.76 bits per heavy atom. The number of hydrogen-bond acceptors (Lipinski definition) is 1. The first-order chi connectivity index (χ1) is 14.0. The first kappa shape index (κ1) is 21.5. The Balaban J connectivity index is 1.77. The molecule has 4 heteroatoms. The maximum absolute atomic E-state index is 14.2. The smallest absolute Gasteiger partial charge is 0.335 e. The van der Waals surface area contributed by atoms with E-state index in [1.807, 2.05) is 0 Å². The van der Waals surface area contributed by atoms with Crippen LogP contribution in [0.5, 0.6) is 0 Å². The zero-order chi connectivity index (χ0) is 20.8. The Bertz CT molecular complexity index is 839. The van der Waals surface area contributed by atoms with Crippen molar-refractivity contribution in [3.05, 3.63) is 59.2 Å². The number of aromatic carboxylic acids is 1. The summed E-state index contributed by atoms with van der Waals surface area (Å²) in [6.45, 7) is 2.22. The molecule has 2 aromatic carbocycles. The zero-order valence-corrected chi connectivity index (χ0v) is 17.1. The van der Waals surface area contributed by atoms with Crippen LogP contribution in [0.1, 0.15) is 86.6 Å². The lowest BCUT2D eigenvalue weighted by Gasteiger charge is -2.30. The van der Waals surface area contributed by atoms with Crippen LogP contribution in [0.4, 0.5) is 8.78 Å². The second-order valence-electron chi connectivity index (χ2n) is 8.30. The SMILES string of the molecule is CCCCCC[C@H]1CC[C@H](c2cc(-c3ccc(F)cc3F)ccc2C(=O)O)CC1. The van der Waals surface area contributed by atoms with Crippen molar-refractivity contribution in [3.8, 4) is 11.1 Å².